The number of benzene rings is 2. The Labute approximate surface area is 177 Å². The predicted octanol–water partition coefficient (Wildman–Crippen LogP) is 2.82. The van der Waals surface area contributed by atoms with Gasteiger partial charge in [0.25, 0.3) is 11.8 Å². The molecule has 0 saturated carbocycles. The number of hydrogen-bond acceptors (Lipinski definition) is 3. The average Bonchev–Trinajstić information content (AvgIpc) is 2.82. The van der Waals surface area contributed by atoms with Gasteiger partial charge in [0.15, 0.2) is 0 Å². The lowest BCUT2D eigenvalue weighted by atomic mass is 9.97. The summed E-state index contributed by atoms with van der Waals surface area (Å²) >= 11 is 0. The Morgan fingerprint density at radius 3 is 1.87 bits per heavy atom. The van der Waals surface area contributed by atoms with E-state index < -0.39 is 6.04 Å². The lowest BCUT2D eigenvalue weighted by Gasteiger charge is -2.37. The molecule has 158 valence electrons. The molecule has 2 atom stereocenters. The van der Waals surface area contributed by atoms with Crippen LogP contribution < -0.4 is 5.32 Å². The van der Waals surface area contributed by atoms with Gasteiger partial charge in [0.05, 0.1) is 0 Å². The Morgan fingerprint density at radius 1 is 0.833 bits per heavy atom. The normalized spacial score (nSPS) is 15.9. The summed E-state index contributed by atoms with van der Waals surface area (Å²) in [5.74, 6) is -0.333. The molecule has 1 aliphatic heterocycles. The molecule has 3 rings (SSSR count). The van der Waals surface area contributed by atoms with Crippen LogP contribution in [-0.2, 0) is 4.79 Å². The van der Waals surface area contributed by atoms with E-state index in [9.17, 15) is 14.4 Å². The minimum Gasteiger partial charge on any atom is -0.340 e. The molecule has 0 unspecified atom stereocenters. The molecule has 3 amide bonds. The van der Waals surface area contributed by atoms with Crippen molar-refractivity contribution >= 4 is 17.7 Å². The van der Waals surface area contributed by atoms with E-state index >= 15 is 0 Å². The molecular weight excluding hydrogens is 378 g/mol. The van der Waals surface area contributed by atoms with E-state index in [0.29, 0.717) is 37.3 Å². The first-order valence-corrected chi connectivity index (χ1v) is 10.5. The molecular formula is C24H29N3O3. The molecule has 1 saturated heterocycles. The summed E-state index contributed by atoms with van der Waals surface area (Å²) in [4.78, 5) is 42.0. The molecule has 2 aromatic carbocycles. The predicted molar refractivity (Wildman–Crippen MR) is 116 cm³/mol. The Kier molecular flexibility index (Phi) is 7.22. The van der Waals surface area contributed by atoms with Crippen LogP contribution in [-0.4, -0.2) is 59.7 Å². The van der Waals surface area contributed by atoms with Gasteiger partial charge in [-0.25, -0.2) is 0 Å². The van der Waals surface area contributed by atoms with E-state index in [4.69, 9.17) is 0 Å². The highest BCUT2D eigenvalue weighted by atomic mass is 16.2. The summed E-state index contributed by atoms with van der Waals surface area (Å²) in [6, 6.07) is 17.5. The fourth-order valence-corrected chi connectivity index (χ4v) is 3.59. The maximum Gasteiger partial charge on any atom is 0.253 e. The zero-order chi connectivity index (χ0) is 21.5. The van der Waals surface area contributed by atoms with Gasteiger partial charge in [-0.3, -0.25) is 14.4 Å². The second kappa shape index (κ2) is 10.1. The number of hydrogen-bond donors (Lipinski definition) is 1. The van der Waals surface area contributed by atoms with Crippen LogP contribution in [0.1, 0.15) is 41.0 Å². The summed E-state index contributed by atoms with van der Waals surface area (Å²) in [6.45, 7) is 5.88. The van der Waals surface area contributed by atoms with Crippen molar-refractivity contribution in [1.82, 2.24) is 15.1 Å². The topological polar surface area (TPSA) is 69.7 Å². The van der Waals surface area contributed by atoms with Crippen molar-refractivity contribution in [1.29, 1.82) is 0 Å². The van der Waals surface area contributed by atoms with Crippen molar-refractivity contribution < 1.29 is 14.4 Å². The van der Waals surface area contributed by atoms with Crippen LogP contribution in [0.3, 0.4) is 0 Å². The van der Waals surface area contributed by atoms with E-state index in [0.717, 1.165) is 6.42 Å². The lowest BCUT2D eigenvalue weighted by molar-refractivity contribution is -0.136. The third-order valence-electron chi connectivity index (χ3n) is 5.70. The lowest BCUT2D eigenvalue weighted by Crippen LogP contribution is -2.57. The van der Waals surface area contributed by atoms with E-state index in [1.165, 1.54) is 0 Å². The van der Waals surface area contributed by atoms with Crippen LogP contribution in [0.15, 0.2) is 60.7 Å². The molecule has 1 aliphatic rings. The average molecular weight is 408 g/mol. The van der Waals surface area contributed by atoms with Crippen molar-refractivity contribution in [3.63, 3.8) is 0 Å². The van der Waals surface area contributed by atoms with Crippen LogP contribution in [0.25, 0.3) is 0 Å². The Morgan fingerprint density at radius 2 is 1.33 bits per heavy atom. The Hall–Kier alpha value is -3.15. The number of piperazine rings is 1. The summed E-state index contributed by atoms with van der Waals surface area (Å²) < 4.78 is 0. The maximum absolute atomic E-state index is 13.2. The van der Waals surface area contributed by atoms with Crippen molar-refractivity contribution in [2.24, 2.45) is 5.92 Å². The van der Waals surface area contributed by atoms with Gasteiger partial charge in [-0.1, -0.05) is 56.7 Å². The van der Waals surface area contributed by atoms with Crippen LogP contribution in [0, 0.1) is 5.92 Å². The van der Waals surface area contributed by atoms with Crippen molar-refractivity contribution in [3.8, 4) is 0 Å². The molecule has 2 aromatic rings. The van der Waals surface area contributed by atoms with Gasteiger partial charge in [0.1, 0.15) is 6.04 Å². The molecule has 0 aromatic heterocycles. The third-order valence-corrected chi connectivity index (χ3v) is 5.70. The first-order chi connectivity index (χ1) is 14.5. The van der Waals surface area contributed by atoms with Crippen LogP contribution in [0.5, 0.6) is 0 Å². The van der Waals surface area contributed by atoms with Gasteiger partial charge in [-0.05, 0) is 30.2 Å². The second-order valence-corrected chi connectivity index (χ2v) is 7.69. The molecule has 0 spiro atoms. The molecule has 6 heteroatoms. The summed E-state index contributed by atoms with van der Waals surface area (Å²) in [5, 5.41) is 2.93. The zero-order valence-corrected chi connectivity index (χ0v) is 17.6. The summed E-state index contributed by atoms with van der Waals surface area (Å²) in [6.07, 6.45) is 0.776. The van der Waals surface area contributed by atoms with Crippen molar-refractivity contribution in [3.05, 3.63) is 71.8 Å². The largest absolute Gasteiger partial charge is 0.340 e. The highest BCUT2D eigenvalue weighted by Crippen LogP contribution is 2.15. The monoisotopic (exact) mass is 407 g/mol. The quantitative estimate of drug-likeness (QED) is 0.801. The van der Waals surface area contributed by atoms with Crippen LogP contribution in [0.2, 0.25) is 0 Å². The van der Waals surface area contributed by atoms with Crippen molar-refractivity contribution in [2.75, 3.05) is 26.2 Å². The fraction of sp³-hybridized carbons (Fsp3) is 0.375. The molecule has 0 aliphatic carbocycles. The molecule has 0 radical (unpaired) electrons. The van der Waals surface area contributed by atoms with Crippen LogP contribution in [0.4, 0.5) is 0 Å². The number of nitrogens with zero attached hydrogens (tertiary/aromatic N) is 2. The van der Waals surface area contributed by atoms with Crippen LogP contribution >= 0.6 is 0 Å². The smallest absolute Gasteiger partial charge is 0.253 e. The standard InChI is InChI=1S/C24H29N3O3/c1-3-18(2)21(25-22(28)19-10-6-4-7-11-19)24(30)27-16-14-26(15-17-27)23(29)20-12-8-5-9-13-20/h4-13,18,21H,3,14-17H2,1-2H3,(H,25,28)/t18-,21-/m0/s1. The summed E-state index contributed by atoms with van der Waals surface area (Å²) in [5.41, 5.74) is 1.20. The highest BCUT2D eigenvalue weighted by Gasteiger charge is 2.32. The van der Waals surface area contributed by atoms with Gasteiger partial charge >= 0.3 is 0 Å². The third kappa shape index (κ3) is 5.06. The number of rotatable bonds is 6. The molecule has 1 N–H and O–H groups in total. The number of amides is 3. The van der Waals surface area contributed by atoms with Gasteiger partial charge in [-0.15, -0.1) is 0 Å². The first-order valence-electron chi connectivity index (χ1n) is 10.5. The Balaban J connectivity index is 1.63. The number of nitrogens with one attached hydrogen (secondary N) is 1. The first kappa shape index (κ1) is 21.6. The Bertz CT molecular complexity index is 862. The van der Waals surface area contributed by atoms with Crippen molar-refractivity contribution in [2.45, 2.75) is 26.3 Å². The number of carbonyl (C=O) groups is 3. The molecule has 30 heavy (non-hydrogen) atoms. The summed E-state index contributed by atoms with van der Waals surface area (Å²) in [7, 11) is 0. The van der Waals surface area contributed by atoms with Gasteiger partial charge < -0.3 is 15.1 Å². The minimum atomic E-state index is -0.584. The molecule has 1 heterocycles. The molecule has 1 fully saturated rings. The molecule has 0 bridgehead atoms. The van der Waals surface area contributed by atoms with E-state index in [1.807, 2.05) is 38.1 Å². The minimum absolute atomic E-state index is 0.00847. The maximum atomic E-state index is 13.2. The highest BCUT2D eigenvalue weighted by molar-refractivity contribution is 5.98. The fourth-order valence-electron chi connectivity index (χ4n) is 3.59. The SMILES string of the molecule is CC[C@H](C)[C@H](NC(=O)c1ccccc1)C(=O)N1CCN(C(=O)c2ccccc2)CC1. The van der Waals surface area contributed by atoms with Gasteiger partial charge in [0, 0.05) is 37.3 Å². The zero-order valence-electron chi connectivity index (χ0n) is 17.6. The van der Waals surface area contributed by atoms with E-state index in [2.05, 4.69) is 5.32 Å². The van der Waals surface area contributed by atoms with Gasteiger partial charge in [0.2, 0.25) is 5.91 Å². The van der Waals surface area contributed by atoms with E-state index in [-0.39, 0.29) is 23.6 Å². The van der Waals surface area contributed by atoms with E-state index in [1.54, 1.807) is 46.2 Å². The second-order valence-electron chi connectivity index (χ2n) is 7.69. The molecule has 6 nitrogen and oxygen atoms in total. The number of carbonyl (C=O) groups excluding carboxylic acids is 3. The van der Waals surface area contributed by atoms with Gasteiger partial charge in [-0.2, -0.15) is 0 Å².